The first kappa shape index (κ1) is 15.3. The highest BCUT2D eigenvalue weighted by molar-refractivity contribution is 6.17. The zero-order chi connectivity index (χ0) is 13.5. The predicted octanol–water partition coefficient (Wildman–Crippen LogP) is 3.42. The van der Waals surface area contributed by atoms with E-state index in [1.54, 1.807) is 7.11 Å². The summed E-state index contributed by atoms with van der Waals surface area (Å²) in [6, 6.07) is 4.15. The van der Waals surface area contributed by atoms with Gasteiger partial charge < -0.3 is 9.64 Å². The summed E-state index contributed by atoms with van der Waals surface area (Å²) in [6.07, 6.45) is 0.997. The highest BCUT2D eigenvalue weighted by Gasteiger charge is 2.09. The molecule has 0 unspecified atom stereocenters. The Balaban J connectivity index is 2.82. The molecule has 0 spiro atoms. The molecule has 0 radical (unpaired) electrons. The number of methoxy groups -OCH3 is 1. The van der Waals surface area contributed by atoms with Crippen molar-refractivity contribution in [2.75, 3.05) is 32.2 Å². The standard InChI is InChI=1S/C14H23ClN2O/c1-11(2)13-8-12(10-15)9-14(16-13)17(3)6-5-7-18-4/h8-9,11H,5-7,10H2,1-4H3. The van der Waals surface area contributed by atoms with Crippen LogP contribution in [0.3, 0.4) is 0 Å². The first-order chi connectivity index (χ1) is 8.58. The molecule has 0 aliphatic carbocycles. The van der Waals surface area contributed by atoms with Gasteiger partial charge in [-0.05, 0) is 30.0 Å². The molecule has 1 heterocycles. The van der Waals surface area contributed by atoms with Gasteiger partial charge in [0.1, 0.15) is 5.82 Å². The van der Waals surface area contributed by atoms with Crippen molar-refractivity contribution in [2.24, 2.45) is 0 Å². The van der Waals surface area contributed by atoms with Gasteiger partial charge in [-0.25, -0.2) is 4.98 Å². The van der Waals surface area contributed by atoms with Crippen molar-refractivity contribution < 1.29 is 4.74 Å². The van der Waals surface area contributed by atoms with Crippen LogP contribution in [0.25, 0.3) is 0 Å². The summed E-state index contributed by atoms with van der Waals surface area (Å²) in [4.78, 5) is 6.84. The van der Waals surface area contributed by atoms with E-state index in [2.05, 4.69) is 42.9 Å². The second-order valence-corrected chi connectivity index (χ2v) is 5.08. The maximum atomic E-state index is 5.94. The van der Waals surface area contributed by atoms with Crippen LogP contribution in [0.15, 0.2) is 12.1 Å². The van der Waals surface area contributed by atoms with Crippen LogP contribution < -0.4 is 4.90 Å². The number of pyridine rings is 1. The van der Waals surface area contributed by atoms with Crippen LogP contribution in [0.5, 0.6) is 0 Å². The quantitative estimate of drug-likeness (QED) is 0.561. The van der Waals surface area contributed by atoms with Gasteiger partial charge in [0.2, 0.25) is 0 Å². The Morgan fingerprint density at radius 2 is 2.11 bits per heavy atom. The highest BCUT2D eigenvalue weighted by Crippen LogP contribution is 2.20. The lowest BCUT2D eigenvalue weighted by atomic mass is 10.1. The predicted molar refractivity (Wildman–Crippen MR) is 77.6 cm³/mol. The molecule has 1 aromatic rings. The maximum Gasteiger partial charge on any atom is 0.128 e. The summed E-state index contributed by atoms with van der Waals surface area (Å²) in [6.45, 7) is 6.00. The van der Waals surface area contributed by atoms with Crippen molar-refractivity contribution >= 4 is 17.4 Å². The van der Waals surface area contributed by atoms with Crippen molar-refractivity contribution in [3.05, 3.63) is 23.4 Å². The Labute approximate surface area is 115 Å². The van der Waals surface area contributed by atoms with E-state index in [-0.39, 0.29) is 0 Å². The Kier molecular flexibility index (Phi) is 6.44. The maximum absolute atomic E-state index is 5.94. The number of ether oxygens (including phenoxy) is 1. The van der Waals surface area contributed by atoms with E-state index in [0.29, 0.717) is 11.8 Å². The normalized spacial score (nSPS) is 11.0. The number of hydrogen-bond acceptors (Lipinski definition) is 3. The number of nitrogens with zero attached hydrogens (tertiary/aromatic N) is 2. The summed E-state index contributed by atoms with van der Waals surface area (Å²) in [5, 5.41) is 0. The molecular weight excluding hydrogens is 248 g/mol. The van der Waals surface area contributed by atoms with Gasteiger partial charge in [-0.1, -0.05) is 13.8 Å². The summed E-state index contributed by atoms with van der Waals surface area (Å²) < 4.78 is 5.07. The Morgan fingerprint density at radius 1 is 1.39 bits per heavy atom. The van der Waals surface area contributed by atoms with Crippen LogP contribution in [0.1, 0.15) is 37.4 Å². The van der Waals surface area contributed by atoms with E-state index >= 15 is 0 Å². The molecule has 18 heavy (non-hydrogen) atoms. The van der Waals surface area contributed by atoms with Gasteiger partial charge in [0.15, 0.2) is 0 Å². The molecule has 0 atom stereocenters. The smallest absolute Gasteiger partial charge is 0.128 e. The molecule has 0 saturated heterocycles. The molecule has 0 N–H and O–H groups in total. The Hall–Kier alpha value is -0.800. The third-order valence-electron chi connectivity index (χ3n) is 2.87. The van der Waals surface area contributed by atoms with Gasteiger partial charge in [-0.15, -0.1) is 11.6 Å². The molecule has 0 fully saturated rings. The Bertz CT molecular complexity index is 369. The lowest BCUT2D eigenvalue weighted by molar-refractivity contribution is 0.196. The lowest BCUT2D eigenvalue weighted by Gasteiger charge is -2.20. The van der Waals surface area contributed by atoms with Crippen molar-refractivity contribution in [3.8, 4) is 0 Å². The van der Waals surface area contributed by atoms with Crippen LogP contribution in [-0.4, -0.2) is 32.3 Å². The number of halogens is 1. The molecule has 0 aliphatic rings. The van der Waals surface area contributed by atoms with Crippen molar-refractivity contribution in [2.45, 2.75) is 32.1 Å². The van der Waals surface area contributed by atoms with Crippen LogP contribution in [0.4, 0.5) is 5.82 Å². The monoisotopic (exact) mass is 270 g/mol. The summed E-state index contributed by atoms with van der Waals surface area (Å²) >= 11 is 5.94. The number of hydrogen-bond donors (Lipinski definition) is 0. The molecule has 3 nitrogen and oxygen atoms in total. The summed E-state index contributed by atoms with van der Waals surface area (Å²) in [5.74, 6) is 1.94. The van der Waals surface area contributed by atoms with Crippen molar-refractivity contribution in [3.63, 3.8) is 0 Å². The van der Waals surface area contributed by atoms with Crippen molar-refractivity contribution in [1.29, 1.82) is 0 Å². The minimum atomic E-state index is 0.416. The average molecular weight is 271 g/mol. The third-order valence-corrected chi connectivity index (χ3v) is 3.18. The largest absolute Gasteiger partial charge is 0.385 e. The van der Waals surface area contributed by atoms with Crippen LogP contribution in [0, 0.1) is 0 Å². The Morgan fingerprint density at radius 3 is 2.67 bits per heavy atom. The van der Waals surface area contributed by atoms with E-state index in [9.17, 15) is 0 Å². The fraction of sp³-hybridized carbons (Fsp3) is 0.643. The first-order valence-electron chi connectivity index (χ1n) is 6.35. The van der Waals surface area contributed by atoms with Gasteiger partial charge in [-0.2, -0.15) is 0 Å². The third kappa shape index (κ3) is 4.46. The van der Waals surface area contributed by atoms with Crippen LogP contribution in [-0.2, 0) is 10.6 Å². The molecule has 0 bridgehead atoms. The molecule has 0 amide bonds. The molecule has 1 aromatic heterocycles. The van der Waals surface area contributed by atoms with Gasteiger partial charge >= 0.3 is 0 Å². The van der Waals surface area contributed by atoms with Gasteiger partial charge in [0.25, 0.3) is 0 Å². The number of anilines is 1. The SMILES string of the molecule is COCCCN(C)c1cc(CCl)cc(C(C)C)n1. The minimum absolute atomic E-state index is 0.416. The number of alkyl halides is 1. The highest BCUT2D eigenvalue weighted by atomic mass is 35.5. The molecule has 0 saturated carbocycles. The first-order valence-corrected chi connectivity index (χ1v) is 6.88. The van der Waals surface area contributed by atoms with E-state index in [1.807, 2.05) is 0 Å². The molecule has 4 heteroatoms. The molecule has 102 valence electrons. The zero-order valence-corrected chi connectivity index (χ0v) is 12.5. The van der Waals surface area contributed by atoms with Gasteiger partial charge in [0.05, 0.1) is 0 Å². The lowest BCUT2D eigenvalue weighted by Crippen LogP contribution is -2.21. The van der Waals surface area contributed by atoms with E-state index in [4.69, 9.17) is 16.3 Å². The number of aromatic nitrogens is 1. The second kappa shape index (κ2) is 7.59. The molecule has 0 aromatic carbocycles. The average Bonchev–Trinajstić information content (AvgIpc) is 2.38. The topological polar surface area (TPSA) is 25.4 Å². The fourth-order valence-corrected chi connectivity index (χ4v) is 1.88. The summed E-state index contributed by atoms with van der Waals surface area (Å²) in [5.41, 5.74) is 2.23. The van der Waals surface area contributed by atoms with E-state index in [1.165, 1.54) is 0 Å². The van der Waals surface area contributed by atoms with Crippen LogP contribution in [0.2, 0.25) is 0 Å². The van der Waals surface area contributed by atoms with Crippen LogP contribution >= 0.6 is 11.6 Å². The van der Waals surface area contributed by atoms with E-state index < -0.39 is 0 Å². The van der Waals surface area contributed by atoms with Gasteiger partial charge in [-0.3, -0.25) is 0 Å². The molecular formula is C14H23ClN2O. The summed E-state index contributed by atoms with van der Waals surface area (Å²) in [7, 11) is 3.78. The van der Waals surface area contributed by atoms with Crippen molar-refractivity contribution in [1.82, 2.24) is 4.98 Å². The fourth-order valence-electron chi connectivity index (χ4n) is 1.72. The minimum Gasteiger partial charge on any atom is -0.385 e. The van der Waals surface area contributed by atoms with Gasteiger partial charge in [0, 0.05) is 38.9 Å². The molecule has 1 rings (SSSR count). The second-order valence-electron chi connectivity index (χ2n) is 4.81. The van der Waals surface area contributed by atoms with E-state index in [0.717, 1.165) is 36.6 Å². The number of rotatable bonds is 7. The molecule has 0 aliphatic heterocycles. The zero-order valence-electron chi connectivity index (χ0n) is 11.7.